The van der Waals surface area contributed by atoms with Gasteiger partial charge in [-0.3, -0.25) is 4.79 Å². The van der Waals surface area contributed by atoms with Crippen molar-refractivity contribution in [1.82, 2.24) is 4.98 Å². The molecule has 0 radical (unpaired) electrons. The van der Waals surface area contributed by atoms with E-state index in [9.17, 15) is 9.18 Å². The van der Waals surface area contributed by atoms with Gasteiger partial charge >= 0.3 is 5.97 Å². The average molecular weight is 451 g/mol. The lowest BCUT2D eigenvalue weighted by Crippen LogP contribution is -2.07. The summed E-state index contributed by atoms with van der Waals surface area (Å²) in [6, 6.07) is 11.8. The maximum Gasteiger partial charge on any atom is 0.304 e. The van der Waals surface area contributed by atoms with Crippen LogP contribution in [0.1, 0.15) is 41.6 Å². The molecule has 1 N–H and O–H groups in total. The highest BCUT2D eigenvalue weighted by Crippen LogP contribution is 2.44. The Bertz CT molecular complexity index is 1200. The van der Waals surface area contributed by atoms with Crippen LogP contribution in [0.4, 0.5) is 4.39 Å². The fraction of sp³-hybridized carbons (Fsp3) is 0.280. The van der Waals surface area contributed by atoms with Gasteiger partial charge in [0, 0.05) is 34.7 Å². The number of ether oxygens (including phenoxy) is 4. The molecule has 2 aromatic carbocycles. The molecule has 0 saturated heterocycles. The van der Waals surface area contributed by atoms with Crippen molar-refractivity contribution in [2.75, 3.05) is 13.7 Å². The minimum Gasteiger partial charge on any atom is -0.492 e. The van der Waals surface area contributed by atoms with Gasteiger partial charge in [-0.25, -0.2) is 9.37 Å². The number of fused-ring (bicyclic) bond motifs is 2. The van der Waals surface area contributed by atoms with Crippen LogP contribution in [0.2, 0.25) is 0 Å². The molecule has 0 fully saturated rings. The van der Waals surface area contributed by atoms with Crippen LogP contribution in [0.25, 0.3) is 0 Å². The molecular weight excluding hydrogens is 429 g/mol. The lowest BCUT2D eigenvalue weighted by Gasteiger charge is -2.17. The van der Waals surface area contributed by atoms with E-state index in [1.54, 1.807) is 36.5 Å². The molecule has 3 aromatic rings. The standard InChI is InChI=1S/C25H22FNO6/c1-30-23-9-3-16(12-27-23)33-20-8-6-19(26)25-18(20)5-7-21(25)32-15-2-4-17-14(10-24(28)29)13-31-22(17)11-15/h2-4,6,8-9,11-12,14,21H,5,7,10,13H2,1H3,(H,28,29)/t14?,21-/m1/s1. The molecule has 7 nitrogen and oxygen atoms in total. The highest BCUT2D eigenvalue weighted by Gasteiger charge is 2.32. The first-order chi connectivity index (χ1) is 16.0. The Morgan fingerprint density at radius 3 is 2.82 bits per heavy atom. The van der Waals surface area contributed by atoms with Crippen molar-refractivity contribution in [1.29, 1.82) is 0 Å². The Morgan fingerprint density at radius 2 is 2.06 bits per heavy atom. The zero-order valence-corrected chi connectivity index (χ0v) is 17.9. The molecule has 0 spiro atoms. The van der Waals surface area contributed by atoms with Crippen LogP contribution < -0.4 is 18.9 Å². The number of halogens is 1. The van der Waals surface area contributed by atoms with E-state index in [0.717, 1.165) is 11.1 Å². The van der Waals surface area contributed by atoms with E-state index in [1.807, 2.05) is 6.07 Å². The number of pyridine rings is 1. The topological polar surface area (TPSA) is 87.1 Å². The summed E-state index contributed by atoms with van der Waals surface area (Å²) in [5.41, 5.74) is 2.11. The molecule has 33 heavy (non-hydrogen) atoms. The Labute approximate surface area is 189 Å². The molecule has 2 heterocycles. The third-order valence-electron chi connectivity index (χ3n) is 5.95. The van der Waals surface area contributed by atoms with Gasteiger partial charge < -0.3 is 24.1 Å². The summed E-state index contributed by atoms with van der Waals surface area (Å²) in [6.07, 6.45) is 2.32. The van der Waals surface area contributed by atoms with Crippen molar-refractivity contribution in [3.8, 4) is 28.9 Å². The highest BCUT2D eigenvalue weighted by atomic mass is 19.1. The zero-order chi connectivity index (χ0) is 22.9. The molecular formula is C25H22FNO6. The van der Waals surface area contributed by atoms with Gasteiger partial charge in [0.2, 0.25) is 5.88 Å². The van der Waals surface area contributed by atoms with E-state index in [-0.39, 0.29) is 18.2 Å². The first kappa shape index (κ1) is 21.1. The number of benzene rings is 2. The zero-order valence-electron chi connectivity index (χ0n) is 17.9. The number of carbonyl (C=O) groups is 1. The molecule has 2 aliphatic rings. The van der Waals surface area contributed by atoms with Crippen LogP contribution in [0.5, 0.6) is 28.9 Å². The summed E-state index contributed by atoms with van der Waals surface area (Å²) in [6.45, 7) is 0.326. The van der Waals surface area contributed by atoms with Crippen molar-refractivity contribution >= 4 is 5.97 Å². The second-order valence-electron chi connectivity index (χ2n) is 8.03. The van der Waals surface area contributed by atoms with Crippen LogP contribution in [0.3, 0.4) is 0 Å². The molecule has 2 atom stereocenters. The molecule has 1 unspecified atom stereocenters. The van der Waals surface area contributed by atoms with E-state index in [4.69, 9.17) is 24.1 Å². The number of methoxy groups -OCH3 is 1. The van der Waals surface area contributed by atoms with Gasteiger partial charge in [0.1, 0.15) is 34.9 Å². The van der Waals surface area contributed by atoms with Gasteiger partial charge in [0.15, 0.2) is 0 Å². The molecule has 1 aliphatic heterocycles. The Hall–Kier alpha value is -3.81. The fourth-order valence-corrected chi connectivity index (χ4v) is 4.40. The van der Waals surface area contributed by atoms with Crippen molar-refractivity contribution in [3.05, 3.63) is 71.2 Å². The van der Waals surface area contributed by atoms with Crippen molar-refractivity contribution in [3.63, 3.8) is 0 Å². The van der Waals surface area contributed by atoms with Crippen molar-refractivity contribution in [2.24, 2.45) is 0 Å². The van der Waals surface area contributed by atoms with Gasteiger partial charge in [-0.1, -0.05) is 6.07 Å². The van der Waals surface area contributed by atoms with Gasteiger partial charge in [0.05, 0.1) is 26.3 Å². The number of hydrogen-bond donors (Lipinski definition) is 1. The maximum absolute atomic E-state index is 14.8. The van der Waals surface area contributed by atoms with E-state index >= 15 is 0 Å². The third kappa shape index (κ3) is 4.16. The number of nitrogens with zero attached hydrogens (tertiary/aromatic N) is 1. The van der Waals surface area contributed by atoms with Gasteiger partial charge in [-0.15, -0.1) is 0 Å². The van der Waals surface area contributed by atoms with E-state index < -0.39 is 12.1 Å². The SMILES string of the molecule is COc1ccc(Oc2ccc(F)c3c2CC[C@H]3Oc2ccc3c(c2)OCC3CC(=O)O)cn1. The lowest BCUT2D eigenvalue weighted by atomic mass is 9.98. The summed E-state index contributed by atoms with van der Waals surface area (Å²) in [4.78, 5) is 15.2. The van der Waals surface area contributed by atoms with Crippen molar-refractivity contribution in [2.45, 2.75) is 31.3 Å². The summed E-state index contributed by atoms with van der Waals surface area (Å²) >= 11 is 0. The number of carboxylic acids is 1. The minimum atomic E-state index is -0.863. The predicted molar refractivity (Wildman–Crippen MR) is 116 cm³/mol. The minimum absolute atomic E-state index is 0.0148. The summed E-state index contributed by atoms with van der Waals surface area (Å²) in [5.74, 6) is 1.36. The maximum atomic E-state index is 14.8. The number of aliphatic carboxylic acids is 1. The normalized spacial score (nSPS) is 18.2. The first-order valence-electron chi connectivity index (χ1n) is 10.7. The second-order valence-corrected chi connectivity index (χ2v) is 8.03. The van der Waals surface area contributed by atoms with Gasteiger partial charge in [-0.05, 0) is 37.1 Å². The van der Waals surface area contributed by atoms with Crippen LogP contribution >= 0.6 is 0 Å². The Balaban J connectivity index is 1.36. The summed E-state index contributed by atoms with van der Waals surface area (Å²) in [7, 11) is 1.54. The smallest absolute Gasteiger partial charge is 0.304 e. The van der Waals surface area contributed by atoms with E-state index in [0.29, 0.717) is 53.9 Å². The number of aromatic nitrogens is 1. The monoisotopic (exact) mass is 451 g/mol. The average Bonchev–Trinajstić information content (AvgIpc) is 3.41. The van der Waals surface area contributed by atoms with Crippen LogP contribution in [0.15, 0.2) is 48.7 Å². The number of rotatable bonds is 7. The fourth-order valence-electron chi connectivity index (χ4n) is 4.40. The predicted octanol–water partition coefficient (Wildman–Crippen LogP) is 5.04. The first-order valence-corrected chi connectivity index (χ1v) is 10.7. The third-order valence-corrected chi connectivity index (χ3v) is 5.95. The molecule has 0 saturated carbocycles. The summed E-state index contributed by atoms with van der Waals surface area (Å²) < 4.78 is 37.6. The molecule has 8 heteroatoms. The van der Waals surface area contributed by atoms with Crippen molar-refractivity contribution < 1.29 is 33.2 Å². The molecule has 170 valence electrons. The van der Waals surface area contributed by atoms with Crippen LogP contribution in [-0.2, 0) is 11.2 Å². The Kier molecular flexibility index (Phi) is 5.50. The quantitative estimate of drug-likeness (QED) is 0.539. The number of hydrogen-bond acceptors (Lipinski definition) is 6. The lowest BCUT2D eigenvalue weighted by molar-refractivity contribution is -0.137. The van der Waals surface area contributed by atoms with Crippen LogP contribution in [0, 0.1) is 5.82 Å². The van der Waals surface area contributed by atoms with Gasteiger partial charge in [-0.2, -0.15) is 0 Å². The Morgan fingerprint density at radius 1 is 1.21 bits per heavy atom. The van der Waals surface area contributed by atoms with Gasteiger partial charge in [0.25, 0.3) is 0 Å². The molecule has 0 amide bonds. The second kappa shape index (κ2) is 8.61. The highest BCUT2D eigenvalue weighted by molar-refractivity contribution is 5.68. The molecule has 0 bridgehead atoms. The molecule has 1 aliphatic carbocycles. The summed E-state index contributed by atoms with van der Waals surface area (Å²) in [5, 5.41) is 9.07. The van der Waals surface area contributed by atoms with E-state index in [1.165, 1.54) is 13.2 Å². The van der Waals surface area contributed by atoms with E-state index in [2.05, 4.69) is 4.98 Å². The molecule has 5 rings (SSSR count). The number of carboxylic acid groups (broad SMARTS) is 1. The van der Waals surface area contributed by atoms with Crippen LogP contribution in [-0.4, -0.2) is 29.8 Å². The largest absolute Gasteiger partial charge is 0.492 e. The molecule has 1 aromatic heterocycles.